The van der Waals surface area contributed by atoms with Crippen LogP contribution in [0.5, 0.6) is 0 Å². The van der Waals surface area contributed by atoms with Gasteiger partial charge in [0.05, 0.1) is 4.90 Å². The second-order valence-corrected chi connectivity index (χ2v) is 9.90. The van der Waals surface area contributed by atoms with E-state index >= 15 is 0 Å². The van der Waals surface area contributed by atoms with Gasteiger partial charge in [0.15, 0.2) is 15.6 Å². The van der Waals surface area contributed by atoms with Gasteiger partial charge in [0.2, 0.25) is 0 Å². The van der Waals surface area contributed by atoms with Gasteiger partial charge in [-0.3, -0.25) is 4.79 Å². The molecule has 2 heterocycles. The molecule has 4 rings (SSSR count). The average Bonchev–Trinajstić information content (AvgIpc) is 3.38. The van der Waals surface area contributed by atoms with Crippen molar-refractivity contribution < 1.29 is 17.6 Å². The number of rotatable bonds is 5. The van der Waals surface area contributed by atoms with Gasteiger partial charge in [0.1, 0.15) is 11.5 Å². The molecular weight excluding hydrogens is 398 g/mol. The van der Waals surface area contributed by atoms with Crippen LogP contribution in [-0.4, -0.2) is 32.3 Å². The van der Waals surface area contributed by atoms with E-state index in [1.54, 1.807) is 48.2 Å². The lowest BCUT2D eigenvalue weighted by Crippen LogP contribution is -2.28. The minimum absolute atomic E-state index is 0.189. The molecule has 156 valence electrons. The molecule has 1 aromatic heterocycles. The Bertz CT molecular complexity index is 1160. The van der Waals surface area contributed by atoms with E-state index in [1.807, 2.05) is 0 Å². The van der Waals surface area contributed by atoms with Crippen molar-refractivity contribution in [1.29, 1.82) is 0 Å². The molecule has 30 heavy (non-hydrogen) atoms. The smallest absolute Gasteiger partial charge is 0.289 e. The van der Waals surface area contributed by atoms with Crippen LogP contribution in [0, 0.1) is 13.8 Å². The molecule has 0 unspecified atom stereocenters. The lowest BCUT2D eigenvalue weighted by molar-refractivity contribution is 0.0757. The molecule has 1 atom stereocenters. The summed E-state index contributed by atoms with van der Waals surface area (Å²) in [4.78, 5) is 14.9. The molecule has 6 heteroatoms. The van der Waals surface area contributed by atoms with Crippen LogP contribution < -0.4 is 0 Å². The van der Waals surface area contributed by atoms with Crippen LogP contribution in [0.15, 0.2) is 70.0 Å². The van der Waals surface area contributed by atoms with Gasteiger partial charge in [-0.1, -0.05) is 48.0 Å². The molecule has 5 nitrogen and oxygen atoms in total. The zero-order valence-electron chi connectivity index (χ0n) is 17.2. The van der Waals surface area contributed by atoms with Crippen LogP contribution in [-0.2, 0) is 15.6 Å². The Kier molecular flexibility index (Phi) is 5.52. The van der Waals surface area contributed by atoms with Crippen molar-refractivity contribution >= 4 is 15.7 Å². The lowest BCUT2D eigenvalue weighted by atomic mass is 9.98. The van der Waals surface area contributed by atoms with Crippen LogP contribution in [0.3, 0.4) is 0 Å². The van der Waals surface area contributed by atoms with Crippen LogP contribution >= 0.6 is 0 Å². The Labute approximate surface area is 177 Å². The summed E-state index contributed by atoms with van der Waals surface area (Å²) in [5, 5.41) is 0. The number of hydrogen-bond donors (Lipinski definition) is 0. The average molecular weight is 424 g/mol. The maximum absolute atomic E-state index is 12.9. The summed E-state index contributed by atoms with van der Waals surface area (Å²) in [7, 11) is -3.54. The van der Waals surface area contributed by atoms with E-state index in [4.69, 9.17) is 4.42 Å². The molecule has 0 aliphatic carbocycles. The number of carbonyl (C=O) groups is 1. The summed E-state index contributed by atoms with van der Waals surface area (Å²) in [5.41, 5.74) is 3.15. The minimum atomic E-state index is -3.54. The molecule has 0 spiro atoms. The number of amides is 1. The summed E-state index contributed by atoms with van der Waals surface area (Å²) in [6.07, 6.45) is 0.907. The number of sulfone groups is 1. The molecule has 1 amide bonds. The van der Waals surface area contributed by atoms with Gasteiger partial charge in [0, 0.05) is 19.0 Å². The number of hydrogen-bond acceptors (Lipinski definition) is 4. The third-order valence-corrected chi connectivity index (χ3v) is 7.45. The summed E-state index contributed by atoms with van der Waals surface area (Å²) in [6, 6.07) is 18.4. The first-order valence-corrected chi connectivity index (χ1v) is 11.7. The van der Waals surface area contributed by atoms with Gasteiger partial charge in [-0.25, -0.2) is 8.42 Å². The zero-order valence-corrected chi connectivity index (χ0v) is 18.0. The van der Waals surface area contributed by atoms with E-state index < -0.39 is 9.84 Å². The Morgan fingerprint density at radius 3 is 2.50 bits per heavy atom. The van der Waals surface area contributed by atoms with Crippen molar-refractivity contribution in [2.45, 2.75) is 36.8 Å². The van der Waals surface area contributed by atoms with Crippen LogP contribution in [0.1, 0.15) is 45.3 Å². The molecule has 3 aromatic rings. The number of aryl methyl sites for hydroxylation is 2. The quantitative estimate of drug-likeness (QED) is 0.606. The van der Waals surface area contributed by atoms with Crippen molar-refractivity contribution in [3.8, 4) is 0 Å². The summed E-state index contributed by atoms with van der Waals surface area (Å²) >= 11 is 0. The molecular formula is C24H25NO4S. The standard InChI is InChI=1S/C24H25NO4S/c1-17-7-9-19(10-8-17)20-13-14-25(15-20)24(26)22-12-11-21(29-22)16-30(27,28)23-6-4-3-5-18(23)2/h3-12,20H,13-16H2,1-2H3/t20-/m1/s1. The second-order valence-electron chi connectivity index (χ2n) is 7.94. The maximum atomic E-state index is 12.9. The largest absolute Gasteiger partial charge is 0.455 e. The molecule has 1 fully saturated rings. The van der Waals surface area contributed by atoms with E-state index in [1.165, 1.54) is 11.1 Å². The number of nitrogens with zero attached hydrogens (tertiary/aromatic N) is 1. The molecule has 1 aliphatic rings. The molecule has 0 radical (unpaired) electrons. The van der Waals surface area contributed by atoms with E-state index in [9.17, 15) is 13.2 Å². The predicted octanol–water partition coefficient (Wildman–Crippen LogP) is 4.50. The SMILES string of the molecule is Cc1ccc([C@@H]2CCN(C(=O)c3ccc(CS(=O)(=O)c4ccccc4C)o3)C2)cc1. The topological polar surface area (TPSA) is 67.6 Å². The third-order valence-electron chi connectivity index (χ3n) is 5.66. The van der Waals surface area contributed by atoms with Crippen molar-refractivity contribution in [2.75, 3.05) is 13.1 Å². The molecule has 2 aromatic carbocycles. The Balaban J connectivity index is 1.44. The van der Waals surface area contributed by atoms with Crippen molar-refractivity contribution in [1.82, 2.24) is 4.90 Å². The van der Waals surface area contributed by atoms with Crippen LogP contribution in [0.25, 0.3) is 0 Å². The minimum Gasteiger partial charge on any atom is -0.455 e. The number of carbonyl (C=O) groups excluding carboxylic acids is 1. The number of furan rings is 1. The Morgan fingerprint density at radius 1 is 1.03 bits per heavy atom. The highest BCUT2D eigenvalue weighted by Crippen LogP contribution is 2.29. The third kappa shape index (κ3) is 4.19. The van der Waals surface area contributed by atoms with E-state index in [0.717, 1.165) is 6.42 Å². The second kappa shape index (κ2) is 8.11. The normalized spacial score (nSPS) is 16.7. The maximum Gasteiger partial charge on any atom is 0.289 e. The number of benzene rings is 2. The van der Waals surface area contributed by atoms with E-state index in [0.29, 0.717) is 24.6 Å². The molecule has 0 N–H and O–H groups in total. The Hall–Kier alpha value is -2.86. The van der Waals surface area contributed by atoms with E-state index in [2.05, 4.69) is 31.2 Å². The fraction of sp³-hybridized carbons (Fsp3) is 0.292. The summed E-state index contributed by atoms with van der Waals surface area (Å²) in [5.74, 6) is 0.317. The first-order valence-electron chi connectivity index (χ1n) is 10.1. The van der Waals surface area contributed by atoms with Gasteiger partial charge in [-0.05, 0) is 49.6 Å². The van der Waals surface area contributed by atoms with Gasteiger partial charge in [0.25, 0.3) is 5.91 Å². The monoisotopic (exact) mass is 423 g/mol. The molecule has 0 saturated carbocycles. The van der Waals surface area contributed by atoms with Gasteiger partial charge >= 0.3 is 0 Å². The van der Waals surface area contributed by atoms with Crippen molar-refractivity contribution in [3.63, 3.8) is 0 Å². The van der Waals surface area contributed by atoms with Gasteiger partial charge in [-0.2, -0.15) is 0 Å². The van der Waals surface area contributed by atoms with Crippen LogP contribution in [0.2, 0.25) is 0 Å². The van der Waals surface area contributed by atoms with Crippen LogP contribution in [0.4, 0.5) is 0 Å². The summed E-state index contributed by atoms with van der Waals surface area (Å²) in [6.45, 7) is 5.12. The van der Waals surface area contributed by atoms with Gasteiger partial charge < -0.3 is 9.32 Å². The Morgan fingerprint density at radius 2 is 1.77 bits per heavy atom. The zero-order chi connectivity index (χ0) is 21.3. The highest BCUT2D eigenvalue weighted by molar-refractivity contribution is 7.90. The molecule has 1 aliphatic heterocycles. The fourth-order valence-electron chi connectivity index (χ4n) is 3.95. The lowest BCUT2D eigenvalue weighted by Gasteiger charge is -2.15. The number of likely N-dealkylation sites (tertiary alicyclic amines) is 1. The first-order chi connectivity index (χ1) is 14.3. The van der Waals surface area contributed by atoms with E-state index in [-0.39, 0.29) is 28.1 Å². The fourth-order valence-corrected chi connectivity index (χ4v) is 5.48. The molecule has 1 saturated heterocycles. The predicted molar refractivity (Wildman–Crippen MR) is 115 cm³/mol. The highest BCUT2D eigenvalue weighted by atomic mass is 32.2. The molecule has 0 bridgehead atoms. The highest BCUT2D eigenvalue weighted by Gasteiger charge is 2.30. The first kappa shape index (κ1) is 20.4. The summed E-state index contributed by atoms with van der Waals surface area (Å²) < 4.78 is 31.1. The van der Waals surface area contributed by atoms with Gasteiger partial charge in [-0.15, -0.1) is 0 Å². The van der Waals surface area contributed by atoms with Crippen molar-refractivity contribution in [2.24, 2.45) is 0 Å². The van der Waals surface area contributed by atoms with Crippen molar-refractivity contribution in [3.05, 3.63) is 88.9 Å².